The van der Waals surface area contributed by atoms with E-state index in [9.17, 15) is 12.8 Å². The summed E-state index contributed by atoms with van der Waals surface area (Å²) in [6.07, 6.45) is 1.89. The maximum absolute atomic E-state index is 13.6. The molecule has 1 fully saturated rings. The Morgan fingerprint density at radius 3 is 2.80 bits per heavy atom. The zero-order chi connectivity index (χ0) is 14.6. The molecule has 0 unspecified atom stereocenters. The minimum atomic E-state index is -3.36. The number of hydrogen-bond acceptors (Lipinski definition) is 3. The molecule has 0 aliphatic heterocycles. The van der Waals surface area contributed by atoms with Gasteiger partial charge in [-0.25, -0.2) is 17.5 Å². The molecule has 0 spiro atoms. The Kier molecular flexibility index (Phi) is 4.76. The van der Waals surface area contributed by atoms with Gasteiger partial charge >= 0.3 is 0 Å². The van der Waals surface area contributed by atoms with Crippen LogP contribution >= 0.6 is 0 Å². The van der Waals surface area contributed by atoms with Crippen LogP contribution in [0.5, 0.6) is 0 Å². The molecule has 20 heavy (non-hydrogen) atoms. The van der Waals surface area contributed by atoms with Crippen LogP contribution in [0.1, 0.15) is 24.0 Å². The van der Waals surface area contributed by atoms with Crippen molar-refractivity contribution in [3.63, 3.8) is 0 Å². The minimum absolute atomic E-state index is 0.0878. The van der Waals surface area contributed by atoms with Gasteiger partial charge in [0.2, 0.25) is 10.0 Å². The van der Waals surface area contributed by atoms with Crippen LogP contribution in [0, 0.1) is 23.6 Å². The molecule has 108 valence electrons. The Labute approximate surface area is 118 Å². The van der Waals surface area contributed by atoms with E-state index in [1.807, 2.05) is 0 Å². The zero-order valence-electron chi connectivity index (χ0n) is 10.9. The standard InChI is InChI=1S/C14H16FNO3S/c15-14-6-5-11(2-1-7-17)8-13(14)9-16-20(18,19)10-12-3-4-12/h5-6,8,12,16-17H,3-4,7,9-10H2. The monoisotopic (exact) mass is 297 g/mol. The third kappa shape index (κ3) is 4.60. The van der Waals surface area contributed by atoms with E-state index in [2.05, 4.69) is 16.6 Å². The Hall–Kier alpha value is -1.42. The summed E-state index contributed by atoms with van der Waals surface area (Å²) >= 11 is 0. The van der Waals surface area contributed by atoms with E-state index in [1.165, 1.54) is 18.2 Å². The maximum Gasteiger partial charge on any atom is 0.212 e. The Morgan fingerprint density at radius 2 is 2.15 bits per heavy atom. The van der Waals surface area contributed by atoms with Gasteiger partial charge in [0.25, 0.3) is 0 Å². The van der Waals surface area contributed by atoms with Crippen molar-refractivity contribution in [2.75, 3.05) is 12.4 Å². The summed E-state index contributed by atoms with van der Waals surface area (Å²) in [7, 11) is -3.36. The Balaban J connectivity index is 2.04. The fraction of sp³-hybridized carbons (Fsp3) is 0.429. The number of nitrogens with one attached hydrogen (secondary N) is 1. The van der Waals surface area contributed by atoms with E-state index in [1.54, 1.807) is 0 Å². The van der Waals surface area contributed by atoms with Crippen molar-refractivity contribution in [2.24, 2.45) is 5.92 Å². The molecule has 0 radical (unpaired) electrons. The van der Waals surface area contributed by atoms with Crippen molar-refractivity contribution in [3.8, 4) is 11.8 Å². The van der Waals surface area contributed by atoms with Crippen LogP contribution in [0.15, 0.2) is 18.2 Å². The van der Waals surface area contributed by atoms with Crippen LogP contribution in [0.25, 0.3) is 0 Å². The lowest BCUT2D eigenvalue weighted by Gasteiger charge is -2.07. The first-order valence-electron chi connectivity index (χ1n) is 6.35. The normalized spacial score (nSPS) is 14.7. The van der Waals surface area contributed by atoms with Gasteiger partial charge in [-0.05, 0) is 37.0 Å². The maximum atomic E-state index is 13.6. The fourth-order valence-corrected chi connectivity index (χ4v) is 3.22. The summed E-state index contributed by atoms with van der Waals surface area (Å²) in [4.78, 5) is 0. The third-order valence-corrected chi connectivity index (χ3v) is 4.49. The summed E-state index contributed by atoms with van der Waals surface area (Å²) < 4.78 is 39.5. The number of rotatable bonds is 5. The van der Waals surface area contributed by atoms with E-state index in [0.717, 1.165) is 12.8 Å². The highest BCUT2D eigenvalue weighted by molar-refractivity contribution is 7.89. The molecule has 1 aromatic carbocycles. The van der Waals surface area contributed by atoms with Crippen LogP contribution in [-0.4, -0.2) is 25.9 Å². The smallest absolute Gasteiger partial charge is 0.212 e. The highest BCUT2D eigenvalue weighted by Gasteiger charge is 2.27. The molecule has 1 saturated carbocycles. The van der Waals surface area contributed by atoms with Gasteiger partial charge in [-0.2, -0.15) is 0 Å². The molecule has 0 atom stereocenters. The lowest BCUT2D eigenvalue weighted by atomic mass is 10.1. The predicted octanol–water partition coefficient (Wildman–Crippen LogP) is 0.999. The van der Waals surface area contributed by atoms with E-state index >= 15 is 0 Å². The molecule has 0 heterocycles. The average Bonchev–Trinajstić information content (AvgIpc) is 3.19. The summed E-state index contributed by atoms with van der Waals surface area (Å²) in [6.45, 7) is -0.365. The summed E-state index contributed by atoms with van der Waals surface area (Å²) in [5.74, 6) is 5.00. The quantitative estimate of drug-likeness (QED) is 0.797. The van der Waals surface area contributed by atoms with Crippen molar-refractivity contribution in [3.05, 3.63) is 35.1 Å². The number of hydrogen-bond donors (Lipinski definition) is 2. The van der Waals surface area contributed by atoms with Gasteiger partial charge in [0.05, 0.1) is 5.75 Å². The molecule has 2 rings (SSSR count). The van der Waals surface area contributed by atoms with E-state index in [-0.39, 0.29) is 30.4 Å². The molecule has 0 bridgehead atoms. The largest absolute Gasteiger partial charge is 0.384 e. The topological polar surface area (TPSA) is 66.4 Å². The highest BCUT2D eigenvalue weighted by atomic mass is 32.2. The fourth-order valence-electron chi connectivity index (χ4n) is 1.77. The highest BCUT2D eigenvalue weighted by Crippen LogP contribution is 2.30. The van der Waals surface area contributed by atoms with Crippen LogP contribution in [0.4, 0.5) is 4.39 Å². The molecule has 0 aromatic heterocycles. The molecule has 2 N–H and O–H groups in total. The molecular formula is C14H16FNO3S. The number of sulfonamides is 1. The summed E-state index contributed by atoms with van der Waals surface area (Å²) in [5, 5.41) is 8.61. The number of aliphatic hydroxyl groups excluding tert-OH is 1. The second-order valence-corrected chi connectivity index (χ2v) is 6.66. The van der Waals surface area contributed by atoms with E-state index in [4.69, 9.17) is 5.11 Å². The van der Waals surface area contributed by atoms with Gasteiger partial charge in [-0.1, -0.05) is 11.8 Å². The molecule has 4 nitrogen and oxygen atoms in total. The van der Waals surface area contributed by atoms with Gasteiger partial charge in [-0.3, -0.25) is 0 Å². The zero-order valence-corrected chi connectivity index (χ0v) is 11.7. The van der Waals surface area contributed by atoms with Crippen LogP contribution in [0.2, 0.25) is 0 Å². The molecule has 6 heteroatoms. The number of halogens is 1. The van der Waals surface area contributed by atoms with Gasteiger partial charge in [-0.15, -0.1) is 0 Å². The number of benzene rings is 1. The van der Waals surface area contributed by atoms with Crippen LogP contribution < -0.4 is 4.72 Å². The van der Waals surface area contributed by atoms with Gasteiger partial charge in [0.1, 0.15) is 12.4 Å². The molecule has 1 aliphatic rings. The first-order chi connectivity index (χ1) is 9.50. The van der Waals surface area contributed by atoms with Crippen molar-refractivity contribution in [2.45, 2.75) is 19.4 Å². The van der Waals surface area contributed by atoms with Crippen molar-refractivity contribution in [1.82, 2.24) is 4.72 Å². The third-order valence-electron chi connectivity index (χ3n) is 2.99. The lowest BCUT2D eigenvalue weighted by molar-refractivity contribution is 0.350. The minimum Gasteiger partial charge on any atom is -0.384 e. The van der Waals surface area contributed by atoms with Crippen LogP contribution in [0.3, 0.4) is 0 Å². The molecular weight excluding hydrogens is 281 g/mol. The van der Waals surface area contributed by atoms with Crippen LogP contribution in [-0.2, 0) is 16.6 Å². The predicted molar refractivity (Wildman–Crippen MR) is 73.7 cm³/mol. The van der Waals surface area contributed by atoms with Crippen molar-refractivity contribution in [1.29, 1.82) is 0 Å². The molecule has 1 aromatic rings. The molecule has 0 amide bonds. The second kappa shape index (κ2) is 6.35. The van der Waals surface area contributed by atoms with Gasteiger partial charge in [0.15, 0.2) is 0 Å². The Bertz CT molecular complexity index is 642. The SMILES string of the molecule is O=S(=O)(CC1CC1)NCc1cc(C#CCO)ccc1F. The Morgan fingerprint density at radius 1 is 1.40 bits per heavy atom. The van der Waals surface area contributed by atoms with E-state index < -0.39 is 15.8 Å². The molecule has 0 saturated heterocycles. The van der Waals surface area contributed by atoms with Crippen molar-refractivity contribution < 1.29 is 17.9 Å². The first kappa shape index (κ1) is 15.0. The van der Waals surface area contributed by atoms with E-state index in [0.29, 0.717) is 5.56 Å². The molecule has 1 aliphatic carbocycles. The van der Waals surface area contributed by atoms with Crippen molar-refractivity contribution >= 4 is 10.0 Å². The summed E-state index contributed by atoms with van der Waals surface area (Å²) in [6, 6.07) is 4.21. The lowest BCUT2D eigenvalue weighted by Crippen LogP contribution is -2.27. The first-order valence-corrected chi connectivity index (χ1v) is 8.01. The average molecular weight is 297 g/mol. The van der Waals surface area contributed by atoms with Gasteiger partial charge in [0, 0.05) is 17.7 Å². The number of aliphatic hydroxyl groups is 1. The second-order valence-electron chi connectivity index (χ2n) is 4.81. The summed E-state index contributed by atoms with van der Waals surface area (Å²) in [5.41, 5.74) is 0.783. The van der Waals surface area contributed by atoms with Gasteiger partial charge < -0.3 is 5.11 Å².